The van der Waals surface area contributed by atoms with Gasteiger partial charge in [-0.1, -0.05) is 0 Å². The molecule has 136 valence electrons. The van der Waals surface area contributed by atoms with Gasteiger partial charge in [0.05, 0.1) is 0 Å². The van der Waals surface area contributed by atoms with Gasteiger partial charge < -0.3 is 15.1 Å². The molecular weight excluding hydrogens is 304 g/mol. The average molecular weight is 336 g/mol. The van der Waals surface area contributed by atoms with Crippen molar-refractivity contribution in [1.29, 1.82) is 0 Å². The molecule has 3 heterocycles. The van der Waals surface area contributed by atoms with Gasteiger partial charge in [0.1, 0.15) is 0 Å². The smallest absolute Gasteiger partial charge is 0.317 e. The van der Waals surface area contributed by atoms with Gasteiger partial charge in [0.25, 0.3) is 0 Å². The molecule has 3 rings (SSSR count). The first kappa shape index (κ1) is 17.5. The number of amides is 3. The fourth-order valence-electron chi connectivity index (χ4n) is 4.65. The Morgan fingerprint density at radius 2 is 1.71 bits per heavy atom. The molecule has 24 heavy (non-hydrogen) atoms. The first-order valence-corrected chi connectivity index (χ1v) is 9.64. The van der Waals surface area contributed by atoms with E-state index >= 15 is 0 Å². The van der Waals surface area contributed by atoms with E-state index in [1.165, 1.54) is 12.8 Å². The molecule has 3 aliphatic rings. The number of carbonyl (C=O) groups is 2. The Morgan fingerprint density at radius 1 is 1.00 bits per heavy atom. The van der Waals surface area contributed by atoms with Crippen molar-refractivity contribution >= 4 is 11.9 Å². The maximum Gasteiger partial charge on any atom is 0.317 e. The molecule has 3 aliphatic heterocycles. The number of urea groups is 1. The van der Waals surface area contributed by atoms with E-state index in [2.05, 4.69) is 24.1 Å². The third kappa shape index (κ3) is 3.85. The minimum atomic E-state index is 0.000443. The lowest BCUT2D eigenvalue weighted by Gasteiger charge is -2.32. The molecule has 3 fully saturated rings. The highest BCUT2D eigenvalue weighted by Crippen LogP contribution is 2.31. The fourth-order valence-corrected chi connectivity index (χ4v) is 4.65. The Kier molecular flexibility index (Phi) is 5.64. The van der Waals surface area contributed by atoms with Gasteiger partial charge in [-0.15, -0.1) is 0 Å². The van der Waals surface area contributed by atoms with Crippen LogP contribution in [-0.2, 0) is 4.79 Å². The maximum absolute atomic E-state index is 12.5. The number of nitrogens with one attached hydrogen (secondary N) is 1. The van der Waals surface area contributed by atoms with Crippen molar-refractivity contribution in [1.82, 2.24) is 20.0 Å². The monoisotopic (exact) mass is 336 g/mol. The summed E-state index contributed by atoms with van der Waals surface area (Å²) in [6.07, 6.45) is 6.17. The van der Waals surface area contributed by atoms with E-state index in [0.717, 1.165) is 45.4 Å². The van der Waals surface area contributed by atoms with Crippen LogP contribution in [-0.4, -0.2) is 77.5 Å². The number of nitrogens with zero attached hydrogens (tertiary/aromatic N) is 3. The van der Waals surface area contributed by atoms with E-state index in [-0.39, 0.29) is 11.9 Å². The average Bonchev–Trinajstić information content (AvgIpc) is 3.14. The summed E-state index contributed by atoms with van der Waals surface area (Å²) in [5, 5.41) is 2.96. The molecule has 0 unspecified atom stereocenters. The van der Waals surface area contributed by atoms with E-state index in [9.17, 15) is 9.59 Å². The number of rotatable bonds is 4. The standard InChI is InChI=1S/C18H32N4O2/c1-14(2)22-15-5-6-16(22)13-21(12-8-15)18(24)19-9-7-17(23)20-10-3-4-11-20/h14-16H,3-13H2,1-2H3,(H,19,24)/t15-,16-/m0/s1. The Balaban J connectivity index is 1.44. The number of carbonyl (C=O) groups excluding carboxylic acids is 2. The Bertz CT molecular complexity index is 462. The van der Waals surface area contributed by atoms with E-state index in [1.54, 1.807) is 0 Å². The molecule has 0 aliphatic carbocycles. The van der Waals surface area contributed by atoms with Crippen LogP contribution in [0, 0.1) is 0 Å². The van der Waals surface area contributed by atoms with E-state index in [0.29, 0.717) is 31.1 Å². The van der Waals surface area contributed by atoms with Gasteiger partial charge in [-0.05, 0) is 46.0 Å². The summed E-state index contributed by atoms with van der Waals surface area (Å²) in [5.74, 6) is 0.175. The molecule has 3 amide bonds. The molecule has 0 radical (unpaired) electrons. The number of hydrogen-bond donors (Lipinski definition) is 1. The topological polar surface area (TPSA) is 55.9 Å². The second kappa shape index (κ2) is 7.72. The lowest BCUT2D eigenvalue weighted by Crippen LogP contribution is -2.47. The zero-order valence-electron chi connectivity index (χ0n) is 15.2. The van der Waals surface area contributed by atoms with Crippen molar-refractivity contribution in [3.8, 4) is 0 Å². The van der Waals surface area contributed by atoms with Gasteiger partial charge in [-0.3, -0.25) is 9.69 Å². The van der Waals surface area contributed by atoms with Gasteiger partial charge in [-0.25, -0.2) is 4.79 Å². The molecule has 0 spiro atoms. The van der Waals surface area contributed by atoms with Gasteiger partial charge >= 0.3 is 6.03 Å². The molecule has 3 saturated heterocycles. The number of likely N-dealkylation sites (tertiary alicyclic amines) is 2. The normalized spacial score (nSPS) is 27.6. The Labute approximate surface area is 145 Å². The van der Waals surface area contributed by atoms with Crippen molar-refractivity contribution in [2.75, 3.05) is 32.7 Å². The first-order chi connectivity index (χ1) is 11.6. The quantitative estimate of drug-likeness (QED) is 0.849. The minimum Gasteiger partial charge on any atom is -0.343 e. The highest BCUT2D eigenvalue weighted by Gasteiger charge is 2.39. The fraction of sp³-hybridized carbons (Fsp3) is 0.889. The van der Waals surface area contributed by atoms with Crippen LogP contribution in [0.3, 0.4) is 0 Å². The molecule has 2 bridgehead atoms. The summed E-state index contributed by atoms with van der Waals surface area (Å²) in [7, 11) is 0. The third-order valence-corrected chi connectivity index (χ3v) is 5.80. The predicted octanol–water partition coefficient (Wildman–Crippen LogP) is 1.66. The summed E-state index contributed by atoms with van der Waals surface area (Å²) < 4.78 is 0. The largest absolute Gasteiger partial charge is 0.343 e. The Morgan fingerprint density at radius 3 is 2.42 bits per heavy atom. The molecule has 1 N–H and O–H groups in total. The molecule has 0 saturated carbocycles. The van der Waals surface area contributed by atoms with Crippen LogP contribution in [0.15, 0.2) is 0 Å². The van der Waals surface area contributed by atoms with Crippen molar-refractivity contribution < 1.29 is 9.59 Å². The van der Waals surface area contributed by atoms with Crippen molar-refractivity contribution in [3.63, 3.8) is 0 Å². The van der Waals surface area contributed by atoms with Crippen molar-refractivity contribution in [2.24, 2.45) is 0 Å². The van der Waals surface area contributed by atoms with Gasteiger partial charge in [0.15, 0.2) is 0 Å². The summed E-state index contributed by atoms with van der Waals surface area (Å²) in [5.41, 5.74) is 0. The molecule has 6 nitrogen and oxygen atoms in total. The lowest BCUT2D eigenvalue weighted by atomic mass is 10.1. The van der Waals surface area contributed by atoms with Crippen molar-refractivity contribution in [3.05, 3.63) is 0 Å². The summed E-state index contributed by atoms with van der Waals surface area (Å²) in [6.45, 7) is 8.37. The zero-order chi connectivity index (χ0) is 17.1. The van der Waals surface area contributed by atoms with Crippen LogP contribution in [0.1, 0.15) is 52.4 Å². The van der Waals surface area contributed by atoms with E-state index in [1.807, 2.05) is 9.80 Å². The molecular formula is C18H32N4O2. The van der Waals surface area contributed by atoms with Crippen LogP contribution in [0.2, 0.25) is 0 Å². The van der Waals surface area contributed by atoms with Gasteiger partial charge in [-0.2, -0.15) is 0 Å². The second-order valence-corrected chi connectivity index (χ2v) is 7.73. The number of fused-ring (bicyclic) bond motifs is 2. The Hall–Kier alpha value is -1.30. The van der Waals surface area contributed by atoms with E-state index < -0.39 is 0 Å². The number of hydrogen-bond acceptors (Lipinski definition) is 3. The van der Waals surface area contributed by atoms with Crippen molar-refractivity contribution in [2.45, 2.75) is 70.5 Å². The molecule has 6 heteroatoms. The van der Waals surface area contributed by atoms with Crippen LogP contribution in [0.5, 0.6) is 0 Å². The van der Waals surface area contributed by atoms with Crippen LogP contribution < -0.4 is 5.32 Å². The molecule has 0 aromatic heterocycles. The minimum absolute atomic E-state index is 0.000443. The predicted molar refractivity (Wildman–Crippen MR) is 93.8 cm³/mol. The maximum atomic E-state index is 12.5. The lowest BCUT2D eigenvalue weighted by molar-refractivity contribution is -0.129. The van der Waals surface area contributed by atoms with E-state index in [4.69, 9.17) is 0 Å². The highest BCUT2D eigenvalue weighted by atomic mass is 16.2. The summed E-state index contributed by atoms with van der Waals surface area (Å²) in [6, 6.07) is 1.67. The SMILES string of the molecule is CC(C)N1[C@H]2CC[C@H]1CN(C(=O)NCCC(=O)N1CCCC1)CC2. The zero-order valence-corrected chi connectivity index (χ0v) is 15.2. The van der Waals surface area contributed by atoms with Crippen LogP contribution in [0.25, 0.3) is 0 Å². The van der Waals surface area contributed by atoms with Gasteiger partial charge in [0.2, 0.25) is 5.91 Å². The molecule has 0 aromatic carbocycles. The first-order valence-electron chi connectivity index (χ1n) is 9.64. The molecule has 0 aromatic rings. The van der Waals surface area contributed by atoms with Crippen LogP contribution >= 0.6 is 0 Å². The molecule has 2 atom stereocenters. The summed E-state index contributed by atoms with van der Waals surface area (Å²) >= 11 is 0. The highest BCUT2D eigenvalue weighted by molar-refractivity contribution is 5.78. The van der Waals surface area contributed by atoms with Crippen LogP contribution in [0.4, 0.5) is 4.79 Å². The second-order valence-electron chi connectivity index (χ2n) is 7.73. The summed E-state index contributed by atoms with van der Waals surface area (Å²) in [4.78, 5) is 31.0. The third-order valence-electron chi connectivity index (χ3n) is 5.80. The van der Waals surface area contributed by atoms with Gasteiger partial charge in [0, 0.05) is 57.3 Å².